The van der Waals surface area contributed by atoms with Crippen molar-refractivity contribution in [3.63, 3.8) is 0 Å². The monoisotopic (exact) mass is 367 g/mol. The molecule has 1 heterocycles. The number of methoxy groups -OCH3 is 2. The molecule has 2 aromatic carbocycles. The summed E-state index contributed by atoms with van der Waals surface area (Å²) in [6.45, 7) is 0.00927. The van der Waals surface area contributed by atoms with Crippen LogP contribution >= 0.6 is 0 Å². The van der Waals surface area contributed by atoms with Crippen molar-refractivity contribution in [2.24, 2.45) is 4.99 Å². The van der Waals surface area contributed by atoms with Gasteiger partial charge in [0, 0.05) is 36.9 Å². The summed E-state index contributed by atoms with van der Waals surface area (Å²) >= 11 is 0. The van der Waals surface area contributed by atoms with Gasteiger partial charge in [-0.2, -0.15) is 0 Å². The Bertz CT molecular complexity index is 937. The van der Waals surface area contributed by atoms with Gasteiger partial charge in [0.05, 0.1) is 25.6 Å². The van der Waals surface area contributed by atoms with E-state index in [1.165, 1.54) is 0 Å². The highest BCUT2D eigenvalue weighted by molar-refractivity contribution is 6.20. The number of aliphatic imine (C=N–C) groups is 1. The lowest BCUT2D eigenvalue weighted by Crippen LogP contribution is -2.27. The number of benzodiazepines with no additional fused rings is 1. The van der Waals surface area contributed by atoms with Crippen LogP contribution in [-0.4, -0.2) is 52.4 Å². The summed E-state index contributed by atoms with van der Waals surface area (Å²) in [4.78, 5) is 30.5. The van der Waals surface area contributed by atoms with Gasteiger partial charge in [-0.25, -0.2) is 0 Å². The standard InChI is InChI=1S/C20H21N3O4/c1-21-20(25)13-7-5-6-12(8-13)19-14-9-16(26-3)17(27-4)10-15(14)23(2)18(24)11-22-19/h5-10H,11H2,1-4H3,(H,21,25). The molecule has 0 aliphatic carbocycles. The maximum Gasteiger partial charge on any atom is 0.251 e. The molecule has 0 unspecified atom stereocenters. The second kappa shape index (κ2) is 7.49. The Morgan fingerprint density at radius 3 is 2.52 bits per heavy atom. The first-order chi connectivity index (χ1) is 13.0. The average Bonchev–Trinajstić information content (AvgIpc) is 2.83. The Balaban J connectivity index is 2.22. The smallest absolute Gasteiger partial charge is 0.251 e. The molecule has 0 aromatic heterocycles. The molecule has 2 amide bonds. The number of hydrogen-bond acceptors (Lipinski definition) is 5. The number of nitrogens with zero attached hydrogens (tertiary/aromatic N) is 2. The predicted octanol–water partition coefficient (Wildman–Crippen LogP) is 1.88. The van der Waals surface area contributed by atoms with E-state index in [2.05, 4.69) is 10.3 Å². The van der Waals surface area contributed by atoms with Gasteiger partial charge < -0.3 is 19.7 Å². The molecule has 0 saturated heterocycles. The molecule has 27 heavy (non-hydrogen) atoms. The number of amides is 2. The fourth-order valence-corrected chi connectivity index (χ4v) is 3.01. The van der Waals surface area contributed by atoms with Crippen LogP contribution in [0.25, 0.3) is 0 Å². The maximum absolute atomic E-state index is 12.4. The number of rotatable bonds is 4. The van der Waals surface area contributed by atoms with Crippen molar-refractivity contribution in [3.8, 4) is 11.5 Å². The second-order valence-corrected chi connectivity index (χ2v) is 6.00. The van der Waals surface area contributed by atoms with Crippen LogP contribution in [-0.2, 0) is 4.79 Å². The van der Waals surface area contributed by atoms with Crippen LogP contribution in [0.15, 0.2) is 41.4 Å². The minimum absolute atomic E-state index is 0.00927. The summed E-state index contributed by atoms with van der Waals surface area (Å²) in [6, 6.07) is 10.7. The lowest BCUT2D eigenvalue weighted by atomic mass is 9.98. The minimum Gasteiger partial charge on any atom is -0.493 e. The third-order valence-electron chi connectivity index (χ3n) is 4.49. The molecule has 1 N–H and O–H groups in total. The third-order valence-corrected chi connectivity index (χ3v) is 4.49. The molecule has 3 rings (SSSR count). The average molecular weight is 367 g/mol. The molecule has 0 spiro atoms. The highest BCUT2D eigenvalue weighted by Crippen LogP contribution is 2.37. The molecule has 7 heteroatoms. The van der Waals surface area contributed by atoms with Crippen molar-refractivity contribution in [1.82, 2.24) is 5.32 Å². The van der Waals surface area contributed by atoms with Crippen molar-refractivity contribution in [3.05, 3.63) is 53.1 Å². The Morgan fingerprint density at radius 2 is 1.85 bits per heavy atom. The summed E-state index contributed by atoms with van der Waals surface area (Å²) in [5.41, 5.74) is 3.28. The first-order valence-corrected chi connectivity index (χ1v) is 8.40. The number of nitrogens with one attached hydrogen (secondary N) is 1. The zero-order valence-electron chi connectivity index (χ0n) is 15.7. The zero-order chi connectivity index (χ0) is 19.6. The summed E-state index contributed by atoms with van der Waals surface area (Å²) in [5.74, 6) is 0.734. The van der Waals surface area contributed by atoms with E-state index in [1.807, 2.05) is 6.07 Å². The number of fused-ring (bicyclic) bond motifs is 1. The number of benzene rings is 2. The fraction of sp³-hybridized carbons (Fsp3) is 0.250. The summed E-state index contributed by atoms with van der Waals surface area (Å²) < 4.78 is 10.8. The first kappa shape index (κ1) is 18.4. The van der Waals surface area contributed by atoms with Crippen LogP contribution in [0.3, 0.4) is 0 Å². The van der Waals surface area contributed by atoms with Gasteiger partial charge in [0.25, 0.3) is 5.91 Å². The van der Waals surface area contributed by atoms with Gasteiger partial charge in [-0.1, -0.05) is 12.1 Å². The molecular weight excluding hydrogens is 346 g/mol. The lowest BCUT2D eigenvalue weighted by Gasteiger charge is -2.20. The number of ether oxygens (including phenoxy) is 2. The van der Waals surface area contributed by atoms with Crippen LogP contribution in [0.2, 0.25) is 0 Å². The third kappa shape index (κ3) is 3.36. The van der Waals surface area contributed by atoms with Crippen molar-refractivity contribution < 1.29 is 19.1 Å². The van der Waals surface area contributed by atoms with Gasteiger partial charge in [-0.05, 0) is 18.2 Å². The summed E-state index contributed by atoms with van der Waals surface area (Å²) in [5, 5.41) is 2.61. The Kier molecular flexibility index (Phi) is 5.12. The van der Waals surface area contributed by atoms with Crippen molar-refractivity contribution in [2.45, 2.75) is 0 Å². The van der Waals surface area contributed by atoms with Crippen LogP contribution in [0.1, 0.15) is 21.5 Å². The second-order valence-electron chi connectivity index (χ2n) is 6.00. The van der Waals surface area contributed by atoms with E-state index >= 15 is 0 Å². The molecule has 1 aliphatic rings. The van der Waals surface area contributed by atoms with Gasteiger partial charge in [0.1, 0.15) is 6.54 Å². The van der Waals surface area contributed by atoms with E-state index < -0.39 is 0 Å². The quantitative estimate of drug-likeness (QED) is 0.895. The van der Waals surface area contributed by atoms with E-state index in [1.54, 1.807) is 63.5 Å². The van der Waals surface area contributed by atoms with E-state index in [9.17, 15) is 9.59 Å². The fourth-order valence-electron chi connectivity index (χ4n) is 3.01. The SMILES string of the molecule is CNC(=O)c1cccc(C2=NCC(=O)N(C)c3cc(OC)c(OC)cc32)c1. The number of carbonyl (C=O) groups excluding carboxylic acids is 2. The molecule has 2 aromatic rings. The molecule has 0 saturated carbocycles. The Hall–Kier alpha value is -3.35. The number of carbonyl (C=O) groups is 2. The molecule has 0 radical (unpaired) electrons. The molecule has 0 fully saturated rings. The minimum atomic E-state index is -0.188. The highest BCUT2D eigenvalue weighted by Gasteiger charge is 2.25. The van der Waals surface area contributed by atoms with Crippen LogP contribution < -0.4 is 19.7 Å². The van der Waals surface area contributed by atoms with Crippen LogP contribution in [0.4, 0.5) is 5.69 Å². The molecular formula is C20H21N3O4. The van der Waals surface area contributed by atoms with Gasteiger partial charge in [-0.15, -0.1) is 0 Å². The van der Waals surface area contributed by atoms with E-state index in [4.69, 9.17) is 9.47 Å². The maximum atomic E-state index is 12.4. The van der Waals surface area contributed by atoms with E-state index in [-0.39, 0.29) is 18.4 Å². The van der Waals surface area contributed by atoms with Gasteiger partial charge >= 0.3 is 0 Å². The van der Waals surface area contributed by atoms with Gasteiger partial charge in [-0.3, -0.25) is 14.6 Å². The van der Waals surface area contributed by atoms with Crippen molar-refractivity contribution in [1.29, 1.82) is 0 Å². The van der Waals surface area contributed by atoms with Crippen molar-refractivity contribution in [2.75, 3.05) is 39.8 Å². The van der Waals surface area contributed by atoms with Crippen LogP contribution in [0.5, 0.6) is 11.5 Å². The molecule has 7 nitrogen and oxygen atoms in total. The number of anilines is 1. The summed E-state index contributed by atoms with van der Waals surface area (Å²) in [6.07, 6.45) is 0. The normalized spacial score (nSPS) is 13.4. The largest absolute Gasteiger partial charge is 0.493 e. The number of hydrogen-bond donors (Lipinski definition) is 1. The Morgan fingerprint density at radius 1 is 1.15 bits per heavy atom. The lowest BCUT2D eigenvalue weighted by molar-refractivity contribution is -0.116. The molecule has 140 valence electrons. The van der Waals surface area contributed by atoms with E-state index in [0.717, 1.165) is 11.1 Å². The topological polar surface area (TPSA) is 80.2 Å². The zero-order valence-corrected chi connectivity index (χ0v) is 15.7. The van der Waals surface area contributed by atoms with Gasteiger partial charge in [0.15, 0.2) is 11.5 Å². The van der Waals surface area contributed by atoms with Crippen molar-refractivity contribution >= 4 is 23.2 Å². The van der Waals surface area contributed by atoms with E-state index in [0.29, 0.717) is 28.5 Å². The summed E-state index contributed by atoms with van der Waals surface area (Å²) in [7, 11) is 6.38. The van der Waals surface area contributed by atoms with Crippen LogP contribution in [0, 0.1) is 0 Å². The molecule has 0 bridgehead atoms. The predicted molar refractivity (Wildman–Crippen MR) is 103 cm³/mol. The van der Waals surface area contributed by atoms with Gasteiger partial charge in [0.2, 0.25) is 5.91 Å². The molecule has 0 atom stereocenters. The number of likely N-dealkylation sites (N-methyl/N-ethyl adjacent to an activating group) is 1. The first-order valence-electron chi connectivity index (χ1n) is 8.40. The molecule has 1 aliphatic heterocycles. The Labute approximate surface area is 157 Å². The highest BCUT2D eigenvalue weighted by atomic mass is 16.5.